The largest absolute Gasteiger partial charge is 0.376 e. The summed E-state index contributed by atoms with van der Waals surface area (Å²) in [5, 5.41) is 18.0. The molecule has 6 heteroatoms. The predicted molar refractivity (Wildman–Crippen MR) is 97.2 cm³/mol. The fourth-order valence-corrected chi connectivity index (χ4v) is 2.74. The van der Waals surface area contributed by atoms with Gasteiger partial charge in [0.2, 0.25) is 5.91 Å². The maximum Gasteiger partial charge on any atom is 0.251 e. The molecule has 0 radical (unpaired) electrons. The molecule has 1 fully saturated rings. The maximum atomic E-state index is 12.1. The van der Waals surface area contributed by atoms with Crippen molar-refractivity contribution in [1.29, 1.82) is 5.26 Å². The molecule has 0 bridgehead atoms. The lowest BCUT2D eigenvalue weighted by molar-refractivity contribution is -0.120. The Morgan fingerprint density at radius 3 is 2.56 bits per heavy atom. The van der Waals surface area contributed by atoms with Crippen LogP contribution in [0.4, 0.5) is 5.69 Å². The number of anilines is 1. The molecule has 0 saturated heterocycles. The van der Waals surface area contributed by atoms with Crippen LogP contribution in [0.3, 0.4) is 0 Å². The van der Waals surface area contributed by atoms with E-state index in [0.717, 1.165) is 24.1 Å². The Hall–Kier alpha value is -2.55. The molecule has 0 heterocycles. The molecule has 134 valence electrons. The van der Waals surface area contributed by atoms with Crippen LogP contribution in [0.1, 0.15) is 49.5 Å². The first-order chi connectivity index (χ1) is 11.7. The molecular formula is C19H26N4O2. The molecule has 0 spiro atoms. The third kappa shape index (κ3) is 4.96. The summed E-state index contributed by atoms with van der Waals surface area (Å²) in [6.45, 7) is 7.57. The van der Waals surface area contributed by atoms with Gasteiger partial charge in [0.1, 0.15) is 5.54 Å². The van der Waals surface area contributed by atoms with Crippen LogP contribution in [0.25, 0.3) is 0 Å². The van der Waals surface area contributed by atoms with Crippen molar-refractivity contribution in [2.45, 2.75) is 52.1 Å². The molecule has 0 aliphatic heterocycles. The van der Waals surface area contributed by atoms with Gasteiger partial charge in [0.05, 0.1) is 12.6 Å². The van der Waals surface area contributed by atoms with Gasteiger partial charge in [-0.1, -0.05) is 0 Å². The molecule has 3 N–H and O–H groups in total. The van der Waals surface area contributed by atoms with Crippen LogP contribution >= 0.6 is 0 Å². The molecule has 0 aromatic heterocycles. The minimum Gasteiger partial charge on any atom is -0.376 e. The van der Waals surface area contributed by atoms with Gasteiger partial charge in [0.15, 0.2) is 0 Å². The van der Waals surface area contributed by atoms with Crippen LogP contribution in [0, 0.1) is 24.2 Å². The lowest BCUT2D eigenvalue weighted by Gasteiger charge is -2.23. The molecule has 6 nitrogen and oxygen atoms in total. The highest BCUT2D eigenvalue weighted by molar-refractivity contribution is 5.95. The van der Waals surface area contributed by atoms with E-state index in [4.69, 9.17) is 0 Å². The second-order valence-corrected chi connectivity index (χ2v) is 7.15. The molecule has 1 aliphatic carbocycles. The van der Waals surface area contributed by atoms with E-state index in [9.17, 15) is 14.9 Å². The molecular weight excluding hydrogens is 316 g/mol. The molecule has 1 saturated carbocycles. The number of nitriles is 1. The van der Waals surface area contributed by atoms with Crippen molar-refractivity contribution in [3.05, 3.63) is 29.3 Å². The van der Waals surface area contributed by atoms with E-state index in [1.165, 1.54) is 0 Å². The minimum absolute atomic E-state index is 0.0789. The number of carbonyl (C=O) groups is 2. The molecule has 1 aliphatic rings. The molecule has 25 heavy (non-hydrogen) atoms. The second-order valence-electron chi connectivity index (χ2n) is 7.15. The number of carbonyl (C=O) groups excluding carboxylic acids is 2. The van der Waals surface area contributed by atoms with E-state index in [-0.39, 0.29) is 30.3 Å². The van der Waals surface area contributed by atoms with Crippen LogP contribution in [0.15, 0.2) is 18.2 Å². The highest BCUT2D eigenvalue weighted by atomic mass is 16.2. The summed E-state index contributed by atoms with van der Waals surface area (Å²) >= 11 is 0. The predicted octanol–water partition coefficient (Wildman–Crippen LogP) is 2.35. The maximum absolute atomic E-state index is 12.1. The topological polar surface area (TPSA) is 94.0 Å². The van der Waals surface area contributed by atoms with Crippen LogP contribution in [-0.4, -0.2) is 29.9 Å². The van der Waals surface area contributed by atoms with Crippen molar-refractivity contribution >= 4 is 17.5 Å². The number of nitrogens with one attached hydrogen (secondary N) is 3. The number of benzene rings is 1. The first-order valence-corrected chi connectivity index (χ1v) is 8.63. The number of aryl methyl sites for hydroxylation is 1. The van der Waals surface area contributed by atoms with Crippen molar-refractivity contribution in [1.82, 2.24) is 10.6 Å². The summed E-state index contributed by atoms with van der Waals surface area (Å²) in [7, 11) is 0. The van der Waals surface area contributed by atoms with Gasteiger partial charge >= 0.3 is 0 Å². The summed E-state index contributed by atoms with van der Waals surface area (Å²) in [5.41, 5.74) is 1.48. The molecule has 1 atom stereocenters. The Morgan fingerprint density at radius 1 is 1.36 bits per heavy atom. The van der Waals surface area contributed by atoms with Crippen LogP contribution in [0.2, 0.25) is 0 Å². The first-order valence-electron chi connectivity index (χ1n) is 8.63. The van der Waals surface area contributed by atoms with E-state index >= 15 is 0 Å². The van der Waals surface area contributed by atoms with E-state index < -0.39 is 5.54 Å². The lowest BCUT2D eigenvalue weighted by Crippen LogP contribution is -2.48. The number of hydrogen-bond donors (Lipinski definition) is 3. The van der Waals surface area contributed by atoms with Gasteiger partial charge in [-0.2, -0.15) is 5.26 Å². The van der Waals surface area contributed by atoms with E-state index in [1.54, 1.807) is 25.1 Å². The lowest BCUT2D eigenvalue weighted by atomic mass is 9.98. The van der Waals surface area contributed by atoms with Gasteiger partial charge in [-0.15, -0.1) is 0 Å². The zero-order valence-corrected chi connectivity index (χ0v) is 15.3. The second kappa shape index (κ2) is 7.56. The third-order valence-corrected chi connectivity index (χ3v) is 4.37. The average Bonchev–Trinajstić information content (AvgIpc) is 3.38. The minimum atomic E-state index is -0.785. The van der Waals surface area contributed by atoms with E-state index in [2.05, 4.69) is 22.0 Å². The third-order valence-electron chi connectivity index (χ3n) is 4.37. The normalized spacial score (nSPS) is 15.8. The highest BCUT2D eigenvalue weighted by Gasteiger charge is 2.42. The zero-order chi connectivity index (χ0) is 18.6. The van der Waals surface area contributed by atoms with Gasteiger partial charge in [-0.3, -0.25) is 9.59 Å². The van der Waals surface area contributed by atoms with Crippen molar-refractivity contribution in [3.63, 3.8) is 0 Å². The number of rotatable bonds is 7. The average molecular weight is 342 g/mol. The smallest absolute Gasteiger partial charge is 0.251 e. The number of nitrogens with zero attached hydrogens (tertiary/aromatic N) is 1. The fraction of sp³-hybridized carbons (Fsp3) is 0.526. The molecule has 2 rings (SSSR count). The van der Waals surface area contributed by atoms with Crippen molar-refractivity contribution in [2.24, 2.45) is 5.92 Å². The Morgan fingerprint density at radius 2 is 2.04 bits per heavy atom. The van der Waals surface area contributed by atoms with Crippen LogP contribution < -0.4 is 16.0 Å². The molecule has 1 aromatic carbocycles. The van der Waals surface area contributed by atoms with Crippen molar-refractivity contribution < 1.29 is 9.59 Å². The molecule has 1 unspecified atom stereocenters. The number of hydrogen-bond acceptors (Lipinski definition) is 4. The summed E-state index contributed by atoms with van der Waals surface area (Å²) in [6, 6.07) is 7.61. The Bertz CT molecular complexity index is 704. The molecule has 1 aromatic rings. The summed E-state index contributed by atoms with van der Waals surface area (Å²) in [5.74, 6) is -0.0736. The first kappa shape index (κ1) is 18.8. The van der Waals surface area contributed by atoms with Gasteiger partial charge < -0.3 is 16.0 Å². The van der Waals surface area contributed by atoms with Crippen LogP contribution in [0.5, 0.6) is 0 Å². The van der Waals surface area contributed by atoms with Gasteiger partial charge in [0, 0.05) is 17.3 Å². The Labute approximate surface area is 149 Å². The monoisotopic (exact) mass is 342 g/mol. The van der Waals surface area contributed by atoms with Gasteiger partial charge in [0.25, 0.3) is 5.91 Å². The van der Waals surface area contributed by atoms with Crippen molar-refractivity contribution in [2.75, 3.05) is 11.9 Å². The number of amides is 2. The highest BCUT2D eigenvalue weighted by Crippen LogP contribution is 2.39. The summed E-state index contributed by atoms with van der Waals surface area (Å²) < 4.78 is 0. The van der Waals surface area contributed by atoms with Crippen molar-refractivity contribution in [3.8, 4) is 6.07 Å². The standard InChI is InChI=1S/C19H26N4O2/c1-12(2)22-18(25)14-5-8-16(13(3)9-14)21-10-17(24)23-19(4,11-20)15-6-7-15/h5,8-9,12,15,21H,6-7,10H2,1-4H3,(H,22,25)(H,23,24). The Balaban J connectivity index is 1.93. The zero-order valence-electron chi connectivity index (χ0n) is 15.3. The quantitative estimate of drug-likeness (QED) is 0.709. The van der Waals surface area contributed by atoms with Crippen LogP contribution in [-0.2, 0) is 4.79 Å². The molecule has 2 amide bonds. The van der Waals surface area contributed by atoms with E-state index in [1.807, 2.05) is 20.8 Å². The van der Waals surface area contributed by atoms with Gasteiger partial charge in [-0.05, 0) is 70.2 Å². The van der Waals surface area contributed by atoms with Gasteiger partial charge in [-0.25, -0.2) is 0 Å². The SMILES string of the molecule is Cc1cc(C(=O)NC(C)C)ccc1NCC(=O)NC(C)(C#N)C1CC1. The summed E-state index contributed by atoms with van der Waals surface area (Å²) in [4.78, 5) is 24.2. The summed E-state index contributed by atoms with van der Waals surface area (Å²) in [6.07, 6.45) is 1.97. The Kier molecular flexibility index (Phi) is 5.68. The fourth-order valence-electron chi connectivity index (χ4n) is 2.74. The van der Waals surface area contributed by atoms with E-state index in [0.29, 0.717) is 5.56 Å².